The normalized spacial score (nSPS) is 23.4. The predicted molar refractivity (Wildman–Crippen MR) is 111 cm³/mol. The Bertz CT molecular complexity index is 857. The molecule has 4 heterocycles. The van der Waals surface area contributed by atoms with Crippen molar-refractivity contribution >= 4 is 5.91 Å². The molecule has 3 aliphatic heterocycles. The first-order valence-electron chi connectivity index (χ1n) is 10.9. The summed E-state index contributed by atoms with van der Waals surface area (Å²) in [7, 11) is 0. The zero-order valence-corrected chi connectivity index (χ0v) is 16.9. The molecule has 29 heavy (non-hydrogen) atoms. The number of amides is 1. The first-order valence-corrected chi connectivity index (χ1v) is 10.9. The molecule has 1 unspecified atom stereocenters. The number of hydrogen-bond acceptors (Lipinski definition) is 5. The molecule has 1 N–H and O–H groups in total. The lowest BCUT2D eigenvalue weighted by atomic mass is 9.88. The molecule has 2 aromatic rings. The number of hydrogen-bond donors (Lipinski definition) is 1. The standard InChI is InChI=1S/C23H29N5O/c29-23-22-4-3-19(10-20(22)15-28(23)21-2-1-7-24-13-21)18-5-8-27(9-6-18)14-17-11-25-16-26-12-17/h3-4,10-12,16,18,21,24H,1-2,5-9,13-15H2. The highest BCUT2D eigenvalue weighted by molar-refractivity contribution is 5.98. The molecule has 0 saturated carbocycles. The van der Waals surface area contributed by atoms with Gasteiger partial charge in [0.2, 0.25) is 0 Å². The lowest BCUT2D eigenvalue weighted by molar-refractivity contribution is 0.0674. The van der Waals surface area contributed by atoms with Gasteiger partial charge in [0, 0.05) is 49.2 Å². The van der Waals surface area contributed by atoms with Gasteiger partial charge >= 0.3 is 0 Å². The van der Waals surface area contributed by atoms with Crippen LogP contribution in [0.1, 0.15) is 58.6 Å². The fraction of sp³-hybridized carbons (Fsp3) is 0.522. The van der Waals surface area contributed by atoms with E-state index in [0.29, 0.717) is 12.0 Å². The number of nitrogens with zero attached hydrogens (tertiary/aromatic N) is 4. The molecule has 152 valence electrons. The molecule has 1 aromatic heterocycles. The second-order valence-corrected chi connectivity index (χ2v) is 8.65. The van der Waals surface area contributed by atoms with Crippen LogP contribution in [-0.4, -0.2) is 57.9 Å². The van der Waals surface area contributed by atoms with Crippen molar-refractivity contribution in [3.05, 3.63) is 59.2 Å². The number of aromatic nitrogens is 2. The van der Waals surface area contributed by atoms with Crippen LogP contribution in [0, 0.1) is 0 Å². The minimum atomic E-state index is 0.222. The van der Waals surface area contributed by atoms with Crippen LogP contribution in [0.5, 0.6) is 0 Å². The first-order chi connectivity index (χ1) is 14.3. The van der Waals surface area contributed by atoms with Crippen LogP contribution in [0.3, 0.4) is 0 Å². The Morgan fingerprint density at radius 2 is 1.93 bits per heavy atom. The summed E-state index contributed by atoms with van der Waals surface area (Å²) < 4.78 is 0. The monoisotopic (exact) mass is 391 g/mol. The highest BCUT2D eigenvalue weighted by Gasteiger charge is 2.34. The van der Waals surface area contributed by atoms with Crippen LogP contribution in [0.15, 0.2) is 36.9 Å². The average molecular weight is 392 g/mol. The summed E-state index contributed by atoms with van der Waals surface area (Å²) in [5, 5.41) is 3.44. The summed E-state index contributed by atoms with van der Waals surface area (Å²) in [5.41, 5.74) is 4.73. The number of rotatable bonds is 4. The smallest absolute Gasteiger partial charge is 0.254 e. The third-order valence-corrected chi connectivity index (χ3v) is 6.75. The molecule has 1 atom stereocenters. The van der Waals surface area contributed by atoms with E-state index in [4.69, 9.17) is 0 Å². The third-order valence-electron chi connectivity index (χ3n) is 6.75. The number of nitrogens with one attached hydrogen (secondary N) is 1. The summed E-state index contributed by atoms with van der Waals surface area (Å²) >= 11 is 0. The van der Waals surface area contributed by atoms with Crippen LogP contribution in [0.25, 0.3) is 0 Å². The number of benzene rings is 1. The molecule has 1 amide bonds. The third kappa shape index (κ3) is 3.91. The van der Waals surface area contributed by atoms with Crippen LogP contribution in [-0.2, 0) is 13.1 Å². The maximum absolute atomic E-state index is 12.9. The van der Waals surface area contributed by atoms with Gasteiger partial charge in [-0.2, -0.15) is 0 Å². The Morgan fingerprint density at radius 3 is 2.69 bits per heavy atom. The highest BCUT2D eigenvalue weighted by Crippen LogP contribution is 2.33. The molecule has 0 spiro atoms. The maximum Gasteiger partial charge on any atom is 0.254 e. The van der Waals surface area contributed by atoms with Crippen LogP contribution < -0.4 is 5.32 Å². The second-order valence-electron chi connectivity index (χ2n) is 8.65. The van der Waals surface area contributed by atoms with Crippen molar-refractivity contribution in [2.45, 2.75) is 50.7 Å². The first kappa shape index (κ1) is 18.7. The van der Waals surface area contributed by atoms with Crippen molar-refractivity contribution < 1.29 is 4.79 Å². The number of carbonyl (C=O) groups is 1. The Kier molecular flexibility index (Phi) is 5.29. The molecule has 6 heteroatoms. The number of fused-ring (bicyclic) bond motifs is 1. The second kappa shape index (κ2) is 8.20. The summed E-state index contributed by atoms with van der Waals surface area (Å²) in [4.78, 5) is 25.7. The molecular weight excluding hydrogens is 362 g/mol. The molecule has 3 aliphatic rings. The van der Waals surface area contributed by atoms with E-state index in [1.165, 1.54) is 16.7 Å². The minimum absolute atomic E-state index is 0.222. The topological polar surface area (TPSA) is 61.4 Å². The van der Waals surface area contributed by atoms with Crippen molar-refractivity contribution in [3.8, 4) is 0 Å². The van der Waals surface area contributed by atoms with E-state index in [1.807, 2.05) is 12.4 Å². The van der Waals surface area contributed by atoms with E-state index in [-0.39, 0.29) is 5.91 Å². The Balaban J connectivity index is 1.22. The van der Waals surface area contributed by atoms with E-state index in [1.54, 1.807) is 6.33 Å². The van der Waals surface area contributed by atoms with E-state index in [2.05, 4.69) is 43.3 Å². The maximum atomic E-state index is 12.9. The zero-order chi connectivity index (χ0) is 19.6. The van der Waals surface area contributed by atoms with Crippen molar-refractivity contribution in [2.24, 2.45) is 0 Å². The van der Waals surface area contributed by atoms with Crippen molar-refractivity contribution in [1.29, 1.82) is 0 Å². The quantitative estimate of drug-likeness (QED) is 0.868. The molecule has 6 nitrogen and oxygen atoms in total. The van der Waals surface area contributed by atoms with E-state index < -0.39 is 0 Å². The summed E-state index contributed by atoms with van der Waals surface area (Å²) in [6, 6.07) is 6.94. The lowest BCUT2D eigenvalue weighted by Gasteiger charge is -2.32. The average Bonchev–Trinajstić information content (AvgIpc) is 3.11. The van der Waals surface area contributed by atoms with Crippen molar-refractivity contribution in [3.63, 3.8) is 0 Å². The van der Waals surface area contributed by atoms with Gasteiger partial charge in [-0.1, -0.05) is 12.1 Å². The van der Waals surface area contributed by atoms with E-state index in [9.17, 15) is 4.79 Å². The molecule has 2 fully saturated rings. The summed E-state index contributed by atoms with van der Waals surface area (Å²) in [6.45, 7) is 5.89. The van der Waals surface area contributed by atoms with Crippen LogP contribution >= 0.6 is 0 Å². The molecule has 2 saturated heterocycles. The Labute approximate surface area is 172 Å². The Hall–Kier alpha value is -2.31. The molecule has 5 rings (SSSR count). The summed E-state index contributed by atoms with van der Waals surface area (Å²) in [6.07, 6.45) is 10.00. The van der Waals surface area contributed by atoms with Gasteiger partial charge in [0.25, 0.3) is 5.91 Å². The lowest BCUT2D eigenvalue weighted by Crippen LogP contribution is -2.46. The number of carbonyl (C=O) groups excluding carboxylic acids is 1. The van der Waals surface area contributed by atoms with Crippen LogP contribution in [0.2, 0.25) is 0 Å². The fourth-order valence-corrected chi connectivity index (χ4v) is 5.11. The van der Waals surface area contributed by atoms with Gasteiger partial charge in [-0.3, -0.25) is 9.69 Å². The zero-order valence-electron chi connectivity index (χ0n) is 16.9. The molecule has 0 bridgehead atoms. The molecule has 0 aliphatic carbocycles. The van der Waals surface area contributed by atoms with Gasteiger partial charge in [0.05, 0.1) is 0 Å². The van der Waals surface area contributed by atoms with E-state index >= 15 is 0 Å². The van der Waals surface area contributed by atoms with Gasteiger partial charge in [-0.25, -0.2) is 9.97 Å². The summed E-state index contributed by atoms with van der Waals surface area (Å²) in [5.74, 6) is 0.809. The minimum Gasteiger partial charge on any atom is -0.330 e. The largest absolute Gasteiger partial charge is 0.330 e. The number of likely N-dealkylation sites (tertiary alicyclic amines) is 1. The SMILES string of the molecule is O=C1c2ccc(C3CCN(Cc4cncnc4)CC3)cc2CN1C1CCCNC1. The van der Waals surface area contributed by atoms with E-state index in [0.717, 1.165) is 70.5 Å². The van der Waals surface area contributed by atoms with Gasteiger partial charge in [0.15, 0.2) is 0 Å². The Morgan fingerprint density at radius 1 is 1.10 bits per heavy atom. The predicted octanol–water partition coefficient (Wildman–Crippen LogP) is 2.56. The van der Waals surface area contributed by atoms with Gasteiger partial charge in [0.1, 0.15) is 6.33 Å². The van der Waals surface area contributed by atoms with Crippen molar-refractivity contribution in [2.75, 3.05) is 26.2 Å². The van der Waals surface area contributed by atoms with Crippen LogP contribution in [0.4, 0.5) is 0 Å². The van der Waals surface area contributed by atoms with Gasteiger partial charge < -0.3 is 10.2 Å². The molecule has 0 radical (unpaired) electrons. The molecule has 1 aromatic carbocycles. The molecular formula is C23H29N5O. The van der Waals surface area contributed by atoms with Gasteiger partial charge in [-0.15, -0.1) is 0 Å². The fourth-order valence-electron chi connectivity index (χ4n) is 5.11. The highest BCUT2D eigenvalue weighted by atomic mass is 16.2. The van der Waals surface area contributed by atoms with Crippen molar-refractivity contribution in [1.82, 2.24) is 25.1 Å². The number of piperidine rings is 2. The van der Waals surface area contributed by atoms with Gasteiger partial charge in [-0.05, 0) is 68.4 Å².